The predicted octanol–water partition coefficient (Wildman–Crippen LogP) is 1.67. The molecule has 70 valence electrons. The Labute approximate surface area is 77.4 Å². The van der Waals surface area contributed by atoms with Gasteiger partial charge in [-0.2, -0.15) is 4.39 Å². The SMILES string of the molecule is CC1CN(Cc2cccc(F)n2)C1. The van der Waals surface area contributed by atoms with Crippen molar-refractivity contribution in [2.45, 2.75) is 13.5 Å². The summed E-state index contributed by atoms with van der Waals surface area (Å²) < 4.78 is 12.7. The molecule has 1 saturated heterocycles. The topological polar surface area (TPSA) is 16.1 Å². The Kier molecular flexibility index (Phi) is 2.27. The van der Waals surface area contributed by atoms with E-state index in [1.807, 2.05) is 6.07 Å². The summed E-state index contributed by atoms with van der Waals surface area (Å²) >= 11 is 0. The van der Waals surface area contributed by atoms with Gasteiger partial charge in [0.15, 0.2) is 0 Å². The number of halogens is 1. The van der Waals surface area contributed by atoms with Gasteiger partial charge in [0.2, 0.25) is 5.95 Å². The summed E-state index contributed by atoms with van der Waals surface area (Å²) in [5.41, 5.74) is 0.826. The van der Waals surface area contributed by atoms with Crippen LogP contribution in [0.3, 0.4) is 0 Å². The quantitative estimate of drug-likeness (QED) is 0.644. The molecule has 0 amide bonds. The second-order valence-corrected chi connectivity index (χ2v) is 3.75. The van der Waals surface area contributed by atoms with Crippen molar-refractivity contribution in [3.8, 4) is 0 Å². The molecule has 1 aromatic heterocycles. The van der Waals surface area contributed by atoms with Gasteiger partial charge in [0, 0.05) is 19.6 Å². The molecule has 1 aliphatic rings. The minimum atomic E-state index is -0.383. The van der Waals surface area contributed by atoms with Crippen molar-refractivity contribution in [3.63, 3.8) is 0 Å². The smallest absolute Gasteiger partial charge is 0.213 e. The van der Waals surface area contributed by atoms with E-state index < -0.39 is 0 Å². The first-order valence-electron chi connectivity index (χ1n) is 4.58. The van der Waals surface area contributed by atoms with Gasteiger partial charge in [-0.05, 0) is 18.1 Å². The van der Waals surface area contributed by atoms with Gasteiger partial charge >= 0.3 is 0 Å². The van der Waals surface area contributed by atoms with Crippen LogP contribution in [0.2, 0.25) is 0 Å². The standard InChI is InChI=1S/C10H13FN2/c1-8-5-13(6-8)7-9-3-2-4-10(11)12-9/h2-4,8H,5-7H2,1H3. The Morgan fingerprint density at radius 1 is 1.54 bits per heavy atom. The minimum Gasteiger partial charge on any atom is -0.297 e. The lowest BCUT2D eigenvalue weighted by Gasteiger charge is -2.36. The first-order chi connectivity index (χ1) is 6.24. The highest BCUT2D eigenvalue weighted by Crippen LogP contribution is 2.16. The molecule has 1 aromatic rings. The number of aromatic nitrogens is 1. The fraction of sp³-hybridized carbons (Fsp3) is 0.500. The van der Waals surface area contributed by atoms with Crippen molar-refractivity contribution in [3.05, 3.63) is 29.8 Å². The Morgan fingerprint density at radius 3 is 2.92 bits per heavy atom. The predicted molar refractivity (Wildman–Crippen MR) is 48.6 cm³/mol. The largest absolute Gasteiger partial charge is 0.297 e. The lowest BCUT2D eigenvalue weighted by molar-refractivity contribution is 0.103. The molecule has 0 radical (unpaired) electrons. The fourth-order valence-electron chi connectivity index (χ4n) is 1.72. The Hall–Kier alpha value is -0.960. The Balaban J connectivity index is 1.94. The molecule has 0 saturated carbocycles. The number of likely N-dealkylation sites (tertiary alicyclic amines) is 1. The number of hydrogen-bond donors (Lipinski definition) is 0. The van der Waals surface area contributed by atoms with Crippen LogP contribution in [0.5, 0.6) is 0 Å². The molecule has 0 spiro atoms. The van der Waals surface area contributed by atoms with Crippen LogP contribution in [0.25, 0.3) is 0 Å². The van der Waals surface area contributed by atoms with E-state index in [2.05, 4.69) is 16.8 Å². The van der Waals surface area contributed by atoms with E-state index in [9.17, 15) is 4.39 Å². The average molecular weight is 180 g/mol. The molecule has 0 aliphatic carbocycles. The summed E-state index contributed by atoms with van der Waals surface area (Å²) in [7, 11) is 0. The maximum Gasteiger partial charge on any atom is 0.213 e. The molecule has 0 aromatic carbocycles. The van der Waals surface area contributed by atoms with E-state index in [0.717, 1.165) is 31.2 Å². The number of pyridine rings is 1. The van der Waals surface area contributed by atoms with Gasteiger partial charge in [0.1, 0.15) is 0 Å². The van der Waals surface area contributed by atoms with Crippen LogP contribution in [-0.4, -0.2) is 23.0 Å². The number of nitrogens with zero attached hydrogens (tertiary/aromatic N) is 2. The molecule has 0 bridgehead atoms. The molecule has 2 rings (SSSR count). The molecule has 0 atom stereocenters. The van der Waals surface area contributed by atoms with E-state index in [4.69, 9.17) is 0 Å². The fourth-order valence-corrected chi connectivity index (χ4v) is 1.72. The highest BCUT2D eigenvalue weighted by Gasteiger charge is 2.22. The van der Waals surface area contributed by atoms with Crippen molar-refractivity contribution >= 4 is 0 Å². The zero-order valence-electron chi connectivity index (χ0n) is 7.70. The molecule has 1 aliphatic heterocycles. The third kappa shape index (κ3) is 2.04. The van der Waals surface area contributed by atoms with Crippen molar-refractivity contribution < 1.29 is 4.39 Å². The molecule has 13 heavy (non-hydrogen) atoms. The summed E-state index contributed by atoms with van der Waals surface area (Å²) in [6.07, 6.45) is 0. The Bertz CT molecular complexity index is 295. The Morgan fingerprint density at radius 2 is 2.31 bits per heavy atom. The van der Waals surface area contributed by atoms with Crippen molar-refractivity contribution in [1.82, 2.24) is 9.88 Å². The van der Waals surface area contributed by atoms with Gasteiger partial charge < -0.3 is 0 Å². The van der Waals surface area contributed by atoms with E-state index in [0.29, 0.717) is 0 Å². The average Bonchev–Trinajstić information content (AvgIpc) is 2.01. The van der Waals surface area contributed by atoms with Crippen LogP contribution in [0.1, 0.15) is 12.6 Å². The second-order valence-electron chi connectivity index (χ2n) is 3.75. The van der Waals surface area contributed by atoms with Gasteiger partial charge in [0.25, 0.3) is 0 Å². The van der Waals surface area contributed by atoms with Gasteiger partial charge in [-0.1, -0.05) is 13.0 Å². The van der Waals surface area contributed by atoms with Gasteiger partial charge in [-0.25, -0.2) is 4.98 Å². The summed E-state index contributed by atoms with van der Waals surface area (Å²) in [4.78, 5) is 6.08. The first kappa shape index (κ1) is 8.63. The molecular weight excluding hydrogens is 167 g/mol. The maximum atomic E-state index is 12.7. The molecule has 3 heteroatoms. The summed E-state index contributed by atoms with van der Waals surface area (Å²) in [5, 5.41) is 0. The third-order valence-corrected chi connectivity index (χ3v) is 2.30. The zero-order valence-corrected chi connectivity index (χ0v) is 7.70. The second kappa shape index (κ2) is 3.42. The number of rotatable bonds is 2. The third-order valence-electron chi connectivity index (χ3n) is 2.30. The summed E-state index contributed by atoms with van der Waals surface area (Å²) in [6, 6.07) is 4.95. The molecule has 0 unspecified atom stereocenters. The highest BCUT2D eigenvalue weighted by atomic mass is 19.1. The molecule has 2 nitrogen and oxygen atoms in total. The van der Waals surface area contributed by atoms with E-state index >= 15 is 0 Å². The van der Waals surface area contributed by atoms with Crippen LogP contribution >= 0.6 is 0 Å². The van der Waals surface area contributed by atoms with Crippen LogP contribution < -0.4 is 0 Å². The van der Waals surface area contributed by atoms with Crippen LogP contribution in [0, 0.1) is 11.9 Å². The zero-order chi connectivity index (χ0) is 9.26. The summed E-state index contributed by atoms with van der Waals surface area (Å²) in [5.74, 6) is 0.402. The van der Waals surface area contributed by atoms with E-state index in [1.54, 1.807) is 6.07 Å². The van der Waals surface area contributed by atoms with Crippen LogP contribution in [-0.2, 0) is 6.54 Å². The number of hydrogen-bond acceptors (Lipinski definition) is 2. The van der Waals surface area contributed by atoms with Gasteiger partial charge in [-0.3, -0.25) is 4.90 Å². The van der Waals surface area contributed by atoms with Crippen molar-refractivity contribution in [1.29, 1.82) is 0 Å². The van der Waals surface area contributed by atoms with Gasteiger partial charge in [-0.15, -0.1) is 0 Å². The maximum absolute atomic E-state index is 12.7. The molecule has 0 N–H and O–H groups in total. The first-order valence-corrected chi connectivity index (χ1v) is 4.58. The van der Waals surface area contributed by atoms with Crippen molar-refractivity contribution in [2.75, 3.05) is 13.1 Å². The van der Waals surface area contributed by atoms with E-state index in [1.165, 1.54) is 6.07 Å². The monoisotopic (exact) mass is 180 g/mol. The molecular formula is C10H13FN2. The molecule has 2 heterocycles. The lowest BCUT2D eigenvalue weighted by Crippen LogP contribution is -2.44. The highest BCUT2D eigenvalue weighted by molar-refractivity contribution is 5.05. The van der Waals surface area contributed by atoms with Crippen molar-refractivity contribution in [2.24, 2.45) is 5.92 Å². The lowest BCUT2D eigenvalue weighted by atomic mass is 10.0. The summed E-state index contributed by atoms with van der Waals surface area (Å²) in [6.45, 7) is 5.22. The van der Waals surface area contributed by atoms with Gasteiger partial charge in [0.05, 0.1) is 5.69 Å². The van der Waals surface area contributed by atoms with E-state index in [-0.39, 0.29) is 5.95 Å². The minimum absolute atomic E-state index is 0.383. The normalized spacial score (nSPS) is 18.6. The molecule has 1 fully saturated rings. The van der Waals surface area contributed by atoms with Crippen LogP contribution in [0.4, 0.5) is 4.39 Å². The van der Waals surface area contributed by atoms with Crippen LogP contribution in [0.15, 0.2) is 18.2 Å².